The van der Waals surface area contributed by atoms with Crippen LogP contribution >= 0.6 is 46.1 Å². The van der Waals surface area contributed by atoms with Crippen LogP contribution in [0, 0.1) is 0 Å². The van der Waals surface area contributed by atoms with Gasteiger partial charge in [0.25, 0.3) is 11.8 Å². The van der Waals surface area contributed by atoms with Crippen LogP contribution in [0.25, 0.3) is 0 Å². The summed E-state index contributed by atoms with van der Waals surface area (Å²) in [6.45, 7) is 1.15. The number of anilines is 2. The van der Waals surface area contributed by atoms with E-state index in [1.807, 2.05) is 0 Å². The Morgan fingerprint density at radius 3 is 2.38 bits per heavy atom. The minimum Gasteiger partial charge on any atom is -0.382 e. The van der Waals surface area contributed by atoms with Gasteiger partial charge in [0, 0.05) is 28.4 Å². The number of carbonyl (C=O) groups is 2. The molecule has 0 radical (unpaired) electrons. The molecule has 0 spiro atoms. The second kappa shape index (κ2) is 11.7. The Morgan fingerprint density at radius 2 is 1.66 bits per heavy atom. The summed E-state index contributed by atoms with van der Waals surface area (Å²) < 4.78 is 10.4. The van der Waals surface area contributed by atoms with Crippen molar-refractivity contribution in [2.75, 3.05) is 31.0 Å². The van der Waals surface area contributed by atoms with Crippen molar-refractivity contribution in [1.29, 1.82) is 0 Å². The van der Waals surface area contributed by atoms with Crippen molar-refractivity contribution < 1.29 is 19.1 Å². The number of ether oxygens (including phenoxy) is 2. The molecule has 6 nitrogen and oxygen atoms in total. The van der Waals surface area contributed by atoms with Gasteiger partial charge in [-0.3, -0.25) is 9.59 Å². The van der Waals surface area contributed by atoms with Gasteiger partial charge < -0.3 is 20.1 Å². The van der Waals surface area contributed by atoms with Crippen LogP contribution < -0.4 is 10.6 Å². The van der Waals surface area contributed by atoms with E-state index in [1.165, 1.54) is 17.4 Å². The molecule has 0 unspecified atom stereocenters. The van der Waals surface area contributed by atoms with Gasteiger partial charge >= 0.3 is 0 Å². The predicted octanol–water partition coefficient (Wildman–Crippen LogP) is 6.38. The van der Waals surface area contributed by atoms with Crippen molar-refractivity contribution in [3.05, 3.63) is 78.9 Å². The molecule has 0 aliphatic rings. The number of halogens is 3. The predicted molar refractivity (Wildman–Crippen MR) is 130 cm³/mol. The lowest BCUT2D eigenvalue weighted by molar-refractivity contribution is 0.0618. The molecule has 0 fully saturated rings. The lowest BCUT2D eigenvalue weighted by Gasteiger charge is -2.12. The van der Waals surface area contributed by atoms with Crippen LogP contribution in [0.15, 0.2) is 47.8 Å². The summed E-state index contributed by atoms with van der Waals surface area (Å²) in [6.07, 6.45) is 0. The molecular weight excluding hydrogens is 495 g/mol. The van der Waals surface area contributed by atoms with E-state index in [4.69, 9.17) is 44.3 Å². The highest BCUT2D eigenvalue weighted by Gasteiger charge is 2.20. The van der Waals surface area contributed by atoms with Gasteiger partial charge in [0.1, 0.15) is 4.88 Å². The van der Waals surface area contributed by atoms with Gasteiger partial charge in [-0.1, -0.05) is 34.8 Å². The number of carbonyl (C=O) groups excluding carboxylic acids is 2. The Bertz CT molecular complexity index is 1100. The zero-order chi connectivity index (χ0) is 23.1. The van der Waals surface area contributed by atoms with Crippen LogP contribution in [0.4, 0.5) is 11.4 Å². The summed E-state index contributed by atoms with van der Waals surface area (Å²) in [4.78, 5) is 26.0. The van der Waals surface area contributed by atoms with E-state index in [9.17, 15) is 9.59 Å². The van der Waals surface area contributed by atoms with Gasteiger partial charge in [-0.05, 0) is 47.8 Å². The van der Waals surface area contributed by atoms with Crippen LogP contribution in [0.5, 0.6) is 0 Å². The maximum atomic E-state index is 12.9. The average Bonchev–Trinajstić information content (AvgIpc) is 3.14. The smallest absolute Gasteiger partial charge is 0.267 e. The molecule has 2 aromatic carbocycles. The molecule has 0 saturated carbocycles. The summed E-state index contributed by atoms with van der Waals surface area (Å²) in [7, 11) is 1.59. The van der Waals surface area contributed by atoms with E-state index in [2.05, 4.69) is 10.6 Å². The van der Waals surface area contributed by atoms with Crippen molar-refractivity contribution >= 4 is 69.3 Å². The Labute approximate surface area is 204 Å². The van der Waals surface area contributed by atoms with E-state index in [-0.39, 0.29) is 12.2 Å². The summed E-state index contributed by atoms with van der Waals surface area (Å²) >= 11 is 19.5. The molecule has 10 heteroatoms. The van der Waals surface area contributed by atoms with Gasteiger partial charge in [-0.15, -0.1) is 11.3 Å². The third-order valence-electron chi connectivity index (χ3n) is 4.27. The average molecular weight is 514 g/mol. The monoisotopic (exact) mass is 512 g/mol. The van der Waals surface area contributed by atoms with Crippen molar-refractivity contribution in [1.82, 2.24) is 0 Å². The largest absolute Gasteiger partial charge is 0.382 e. The van der Waals surface area contributed by atoms with E-state index in [0.717, 1.165) is 0 Å². The van der Waals surface area contributed by atoms with Crippen molar-refractivity contribution in [3.63, 3.8) is 0 Å². The number of benzene rings is 2. The van der Waals surface area contributed by atoms with Crippen molar-refractivity contribution in [2.45, 2.75) is 6.61 Å². The molecule has 3 aromatic rings. The molecule has 32 heavy (non-hydrogen) atoms. The van der Waals surface area contributed by atoms with Gasteiger partial charge in [0.2, 0.25) is 0 Å². The van der Waals surface area contributed by atoms with Crippen LogP contribution in [0.1, 0.15) is 25.6 Å². The quantitative estimate of drug-likeness (QED) is 0.326. The Hall–Kier alpha value is -2.13. The van der Waals surface area contributed by atoms with Crippen LogP contribution in [-0.4, -0.2) is 32.1 Å². The van der Waals surface area contributed by atoms with Crippen LogP contribution in [-0.2, 0) is 16.1 Å². The number of hydrogen-bond donors (Lipinski definition) is 2. The van der Waals surface area contributed by atoms with E-state index >= 15 is 0 Å². The first-order chi connectivity index (χ1) is 15.4. The zero-order valence-electron chi connectivity index (χ0n) is 16.9. The first kappa shape index (κ1) is 24.5. The first-order valence-corrected chi connectivity index (χ1v) is 11.4. The van der Waals surface area contributed by atoms with E-state index in [0.29, 0.717) is 50.1 Å². The van der Waals surface area contributed by atoms with Gasteiger partial charge in [0.05, 0.1) is 36.1 Å². The number of nitrogens with one attached hydrogen (secondary N) is 2. The van der Waals surface area contributed by atoms with Crippen LogP contribution in [0.3, 0.4) is 0 Å². The maximum absolute atomic E-state index is 12.9. The second-order valence-electron chi connectivity index (χ2n) is 6.55. The summed E-state index contributed by atoms with van der Waals surface area (Å²) in [5, 5.41) is 8.48. The summed E-state index contributed by atoms with van der Waals surface area (Å²) in [5.74, 6) is -0.874. The topological polar surface area (TPSA) is 76.7 Å². The number of methoxy groups -OCH3 is 1. The molecule has 168 valence electrons. The lowest BCUT2D eigenvalue weighted by atomic mass is 10.1. The standard InChI is InChI=1S/C22H19Cl3N2O4S/c1-30-8-9-31-11-13-12-32-20(19(13)25)22(29)27-18-7-4-15(24)10-17(18)21(28)26-16-5-2-14(23)3-6-16/h2-7,10,12H,8-9,11H2,1H3,(H,26,28)(H,27,29). The minimum absolute atomic E-state index is 0.205. The molecule has 0 aliphatic heterocycles. The fourth-order valence-corrected chi connectivity index (χ4v) is 4.21. The fourth-order valence-electron chi connectivity index (χ4n) is 2.68. The molecular formula is C22H19Cl3N2O4S. The molecule has 3 rings (SSSR count). The summed E-state index contributed by atoms with van der Waals surface area (Å²) in [6, 6.07) is 11.3. The third kappa shape index (κ3) is 6.45. The highest BCUT2D eigenvalue weighted by Crippen LogP contribution is 2.30. The molecule has 2 N–H and O–H groups in total. The normalized spacial score (nSPS) is 10.8. The van der Waals surface area contributed by atoms with Crippen molar-refractivity contribution in [2.24, 2.45) is 0 Å². The second-order valence-corrected chi connectivity index (χ2v) is 8.68. The maximum Gasteiger partial charge on any atom is 0.267 e. The summed E-state index contributed by atoms with van der Waals surface area (Å²) in [5.41, 5.74) is 1.76. The lowest BCUT2D eigenvalue weighted by Crippen LogP contribution is -2.18. The van der Waals surface area contributed by atoms with E-state index in [1.54, 1.807) is 48.9 Å². The molecule has 1 heterocycles. The molecule has 0 atom stereocenters. The number of hydrogen-bond acceptors (Lipinski definition) is 5. The number of amides is 2. The minimum atomic E-state index is -0.439. The Kier molecular flexibility index (Phi) is 8.92. The number of rotatable bonds is 9. The molecule has 0 bridgehead atoms. The first-order valence-electron chi connectivity index (χ1n) is 9.39. The fraction of sp³-hybridized carbons (Fsp3) is 0.182. The number of thiophene rings is 1. The zero-order valence-corrected chi connectivity index (χ0v) is 20.0. The van der Waals surface area contributed by atoms with Gasteiger partial charge in [-0.25, -0.2) is 0 Å². The van der Waals surface area contributed by atoms with Crippen molar-refractivity contribution in [3.8, 4) is 0 Å². The van der Waals surface area contributed by atoms with Crippen LogP contribution in [0.2, 0.25) is 15.1 Å². The van der Waals surface area contributed by atoms with E-state index < -0.39 is 11.8 Å². The Morgan fingerprint density at radius 1 is 0.938 bits per heavy atom. The Balaban J connectivity index is 1.75. The molecule has 0 saturated heterocycles. The molecule has 2 amide bonds. The highest BCUT2D eigenvalue weighted by molar-refractivity contribution is 7.13. The van der Waals surface area contributed by atoms with Gasteiger partial charge in [-0.2, -0.15) is 0 Å². The third-order valence-corrected chi connectivity index (χ3v) is 6.33. The molecule has 1 aromatic heterocycles. The SMILES string of the molecule is COCCOCc1csc(C(=O)Nc2ccc(Cl)cc2C(=O)Nc2ccc(Cl)cc2)c1Cl. The highest BCUT2D eigenvalue weighted by atomic mass is 35.5. The van der Waals surface area contributed by atoms with Gasteiger partial charge in [0.15, 0.2) is 0 Å². The molecule has 0 aliphatic carbocycles.